The zero-order valence-corrected chi connectivity index (χ0v) is 7.90. The van der Waals surface area contributed by atoms with Gasteiger partial charge in [0.2, 0.25) is 5.91 Å². The lowest BCUT2D eigenvalue weighted by Gasteiger charge is -2.03. The van der Waals surface area contributed by atoms with E-state index in [1.807, 2.05) is 0 Å². The van der Waals surface area contributed by atoms with Crippen molar-refractivity contribution in [2.75, 3.05) is 0 Å². The third kappa shape index (κ3) is 1.71. The number of hydrogen-bond donors (Lipinski definition) is 1. The molecule has 0 saturated heterocycles. The summed E-state index contributed by atoms with van der Waals surface area (Å²) in [6.07, 6.45) is 0. The first-order chi connectivity index (χ1) is 6.43. The van der Waals surface area contributed by atoms with E-state index in [9.17, 15) is 14.9 Å². The van der Waals surface area contributed by atoms with Gasteiger partial charge in [0.25, 0.3) is 5.69 Å². The van der Waals surface area contributed by atoms with Crippen molar-refractivity contribution < 1.29 is 9.72 Å². The molecule has 5 nitrogen and oxygen atoms in total. The molecule has 74 valence electrons. The highest BCUT2D eigenvalue weighted by molar-refractivity contribution is 5.93. The normalized spacial score (nSPS) is 9.86. The van der Waals surface area contributed by atoms with Gasteiger partial charge >= 0.3 is 0 Å². The van der Waals surface area contributed by atoms with Crippen molar-refractivity contribution >= 4 is 11.6 Å². The number of carbonyl (C=O) groups excluding carboxylic acids is 1. The number of nitrogens with two attached hydrogens (primary N) is 1. The maximum absolute atomic E-state index is 10.8. The number of nitrogens with zero attached hydrogens (tertiary/aromatic N) is 1. The summed E-state index contributed by atoms with van der Waals surface area (Å²) in [5.41, 5.74) is 6.38. The summed E-state index contributed by atoms with van der Waals surface area (Å²) in [5, 5.41) is 10.6. The van der Waals surface area contributed by atoms with E-state index in [0.717, 1.165) is 0 Å². The Morgan fingerprint density at radius 1 is 1.43 bits per heavy atom. The van der Waals surface area contributed by atoms with E-state index < -0.39 is 10.8 Å². The average molecular weight is 194 g/mol. The maximum Gasteiger partial charge on any atom is 0.273 e. The Hall–Kier alpha value is -1.91. The van der Waals surface area contributed by atoms with Gasteiger partial charge in [0.1, 0.15) is 0 Å². The number of aryl methyl sites for hydroxylation is 1. The molecule has 0 aliphatic heterocycles. The minimum Gasteiger partial charge on any atom is -0.366 e. The van der Waals surface area contributed by atoms with Crippen LogP contribution in [0.2, 0.25) is 0 Å². The molecule has 0 spiro atoms. The van der Waals surface area contributed by atoms with E-state index >= 15 is 0 Å². The van der Waals surface area contributed by atoms with Gasteiger partial charge in [-0.2, -0.15) is 0 Å². The Balaban J connectivity index is 3.43. The van der Waals surface area contributed by atoms with E-state index in [1.165, 1.54) is 6.07 Å². The first kappa shape index (κ1) is 10.2. The van der Waals surface area contributed by atoms with Crippen LogP contribution in [0.1, 0.15) is 21.5 Å². The molecule has 0 fully saturated rings. The molecule has 1 aromatic carbocycles. The first-order valence-corrected chi connectivity index (χ1v) is 3.99. The standard InChI is InChI=1S/C9H10N2O3/c1-5-3-7(9(10)12)4-8(6(5)2)11(13)14/h3-4H,1-2H3,(H2,10,12). The van der Waals surface area contributed by atoms with Gasteiger partial charge in [0, 0.05) is 17.2 Å². The van der Waals surface area contributed by atoms with Crippen LogP contribution in [-0.4, -0.2) is 10.8 Å². The molecule has 0 aliphatic rings. The number of amides is 1. The summed E-state index contributed by atoms with van der Waals surface area (Å²) >= 11 is 0. The molecule has 14 heavy (non-hydrogen) atoms. The van der Waals surface area contributed by atoms with Crippen molar-refractivity contribution in [1.82, 2.24) is 0 Å². The third-order valence-corrected chi connectivity index (χ3v) is 2.12. The maximum atomic E-state index is 10.8. The zero-order valence-electron chi connectivity index (χ0n) is 7.90. The molecule has 5 heteroatoms. The van der Waals surface area contributed by atoms with Gasteiger partial charge in [0.05, 0.1) is 4.92 Å². The van der Waals surface area contributed by atoms with Crippen molar-refractivity contribution in [2.45, 2.75) is 13.8 Å². The van der Waals surface area contributed by atoms with Crippen molar-refractivity contribution in [2.24, 2.45) is 5.73 Å². The van der Waals surface area contributed by atoms with Crippen LogP contribution >= 0.6 is 0 Å². The van der Waals surface area contributed by atoms with Crippen molar-refractivity contribution in [3.8, 4) is 0 Å². The third-order valence-electron chi connectivity index (χ3n) is 2.12. The fourth-order valence-corrected chi connectivity index (χ4v) is 1.17. The van der Waals surface area contributed by atoms with Crippen LogP contribution in [0.3, 0.4) is 0 Å². The Bertz CT molecular complexity index is 413. The Kier molecular flexibility index (Phi) is 2.51. The van der Waals surface area contributed by atoms with Crippen molar-refractivity contribution in [3.63, 3.8) is 0 Å². The van der Waals surface area contributed by atoms with E-state index in [1.54, 1.807) is 19.9 Å². The number of carbonyl (C=O) groups is 1. The number of hydrogen-bond acceptors (Lipinski definition) is 3. The summed E-state index contributed by atoms with van der Waals surface area (Å²) < 4.78 is 0. The fraction of sp³-hybridized carbons (Fsp3) is 0.222. The molecule has 2 N–H and O–H groups in total. The molecule has 0 aliphatic carbocycles. The van der Waals surface area contributed by atoms with Crippen molar-refractivity contribution in [1.29, 1.82) is 0 Å². The predicted molar refractivity (Wildman–Crippen MR) is 51.1 cm³/mol. The second-order valence-corrected chi connectivity index (χ2v) is 3.06. The summed E-state index contributed by atoms with van der Waals surface area (Å²) in [6, 6.07) is 2.75. The SMILES string of the molecule is Cc1cc(C(N)=O)cc([N+](=O)[O-])c1C. The van der Waals surface area contributed by atoms with Gasteiger partial charge in [-0.25, -0.2) is 0 Å². The molecule has 0 atom stereocenters. The van der Waals surface area contributed by atoms with Crippen LogP contribution in [0, 0.1) is 24.0 Å². The molecular formula is C9H10N2O3. The number of rotatable bonds is 2. The molecule has 0 aromatic heterocycles. The monoisotopic (exact) mass is 194 g/mol. The molecule has 0 unspecified atom stereocenters. The molecule has 1 rings (SSSR count). The molecular weight excluding hydrogens is 184 g/mol. The molecule has 1 aromatic rings. The van der Waals surface area contributed by atoms with Crippen LogP contribution in [0.5, 0.6) is 0 Å². The molecule has 0 heterocycles. The van der Waals surface area contributed by atoms with E-state index in [0.29, 0.717) is 11.1 Å². The first-order valence-electron chi connectivity index (χ1n) is 3.99. The highest BCUT2D eigenvalue weighted by atomic mass is 16.6. The second kappa shape index (κ2) is 3.45. The second-order valence-electron chi connectivity index (χ2n) is 3.06. The fourth-order valence-electron chi connectivity index (χ4n) is 1.17. The smallest absolute Gasteiger partial charge is 0.273 e. The summed E-state index contributed by atoms with van der Waals surface area (Å²) in [7, 11) is 0. The van der Waals surface area contributed by atoms with Crippen LogP contribution in [-0.2, 0) is 0 Å². The topological polar surface area (TPSA) is 86.2 Å². The van der Waals surface area contributed by atoms with Gasteiger partial charge in [-0.15, -0.1) is 0 Å². The van der Waals surface area contributed by atoms with Gasteiger partial charge < -0.3 is 5.73 Å². The number of primary amides is 1. The Morgan fingerprint density at radius 2 is 2.00 bits per heavy atom. The molecule has 1 amide bonds. The lowest BCUT2D eigenvalue weighted by Crippen LogP contribution is -2.12. The average Bonchev–Trinajstić information content (AvgIpc) is 2.08. The lowest BCUT2D eigenvalue weighted by molar-refractivity contribution is -0.385. The zero-order chi connectivity index (χ0) is 10.9. The van der Waals surface area contributed by atoms with Crippen molar-refractivity contribution in [3.05, 3.63) is 38.9 Å². The number of benzene rings is 1. The lowest BCUT2D eigenvalue weighted by atomic mass is 10.0. The van der Waals surface area contributed by atoms with Crippen LogP contribution in [0.4, 0.5) is 5.69 Å². The molecule has 0 saturated carbocycles. The number of nitro groups is 1. The van der Waals surface area contributed by atoms with Crippen LogP contribution in [0.15, 0.2) is 12.1 Å². The number of nitro benzene ring substituents is 1. The largest absolute Gasteiger partial charge is 0.366 e. The minimum absolute atomic E-state index is 0.0706. The minimum atomic E-state index is -0.656. The quantitative estimate of drug-likeness (QED) is 0.568. The summed E-state index contributed by atoms with van der Waals surface area (Å²) in [4.78, 5) is 20.9. The van der Waals surface area contributed by atoms with Crippen LogP contribution < -0.4 is 5.73 Å². The molecule has 0 radical (unpaired) electrons. The van der Waals surface area contributed by atoms with Gasteiger partial charge in [0.15, 0.2) is 0 Å². The Labute approximate surface area is 80.7 Å². The Morgan fingerprint density at radius 3 is 2.43 bits per heavy atom. The van der Waals surface area contributed by atoms with Gasteiger partial charge in [-0.1, -0.05) is 0 Å². The van der Waals surface area contributed by atoms with Gasteiger partial charge in [-0.3, -0.25) is 14.9 Å². The van der Waals surface area contributed by atoms with E-state index in [-0.39, 0.29) is 11.3 Å². The van der Waals surface area contributed by atoms with E-state index in [2.05, 4.69) is 0 Å². The van der Waals surface area contributed by atoms with E-state index in [4.69, 9.17) is 5.73 Å². The summed E-state index contributed by atoms with van der Waals surface area (Å²) in [5.74, 6) is -0.656. The highest BCUT2D eigenvalue weighted by Gasteiger charge is 2.15. The van der Waals surface area contributed by atoms with Gasteiger partial charge in [-0.05, 0) is 25.5 Å². The predicted octanol–water partition coefficient (Wildman–Crippen LogP) is 1.31. The molecule has 0 bridgehead atoms. The van der Waals surface area contributed by atoms with Crippen LogP contribution in [0.25, 0.3) is 0 Å². The summed E-state index contributed by atoms with van der Waals surface area (Å²) in [6.45, 7) is 3.34. The highest BCUT2D eigenvalue weighted by Crippen LogP contribution is 2.22.